The van der Waals surface area contributed by atoms with Crippen LogP contribution < -0.4 is 14.8 Å². The van der Waals surface area contributed by atoms with Crippen molar-refractivity contribution in [3.05, 3.63) is 24.3 Å². The Morgan fingerprint density at radius 2 is 1.90 bits per heavy atom. The first-order chi connectivity index (χ1) is 14.9. The van der Waals surface area contributed by atoms with Gasteiger partial charge in [0.1, 0.15) is 10.6 Å². The molecule has 8 nitrogen and oxygen atoms in total. The zero-order chi connectivity index (χ0) is 22.3. The Labute approximate surface area is 184 Å². The number of hydrogen-bond acceptors (Lipinski definition) is 6. The number of ether oxygens (including phenoxy) is 2. The van der Waals surface area contributed by atoms with Crippen LogP contribution in [0, 0.1) is 5.92 Å². The van der Waals surface area contributed by atoms with Gasteiger partial charge in [-0.15, -0.1) is 0 Å². The average Bonchev–Trinajstić information content (AvgIpc) is 2.80. The molecular weight excluding hydrogens is 420 g/mol. The van der Waals surface area contributed by atoms with Crippen LogP contribution in [0.15, 0.2) is 29.2 Å². The van der Waals surface area contributed by atoms with E-state index in [9.17, 15) is 18.3 Å². The number of aliphatic hydroxyl groups excluding tert-OH is 1. The molecule has 3 atom stereocenters. The van der Waals surface area contributed by atoms with E-state index in [2.05, 4.69) is 10.0 Å². The minimum absolute atomic E-state index is 0.0572. The quantitative estimate of drug-likeness (QED) is 0.526. The van der Waals surface area contributed by atoms with Crippen LogP contribution in [0.4, 0.5) is 0 Å². The van der Waals surface area contributed by atoms with E-state index in [-0.39, 0.29) is 35.2 Å². The van der Waals surface area contributed by atoms with Crippen molar-refractivity contribution in [3.8, 4) is 5.75 Å². The summed E-state index contributed by atoms with van der Waals surface area (Å²) in [5.74, 6) is 0.510. The summed E-state index contributed by atoms with van der Waals surface area (Å²) in [4.78, 5) is 12.3. The van der Waals surface area contributed by atoms with Crippen LogP contribution in [0.1, 0.15) is 51.4 Å². The third-order valence-electron chi connectivity index (χ3n) is 6.20. The highest BCUT2D eigenvalue weighted by Gasteiger charge is 2.34. The summed E-state index contributed by atoms with van der Waals surface area (Å²) < 4.78 is 39.5. The maximum atomic E-state index is 12.8. The molecule has 3 rings (SSSR count). The lowest BCUT2D eigenvalue weighted by Crippen LogP contribution is -2.51. The van der Waals surface area contributed by atoms with E-state index in [1.165, 1.54) is 19.6 Å². The molecule has 1 saturated heterocycles. The summed E-state index contributed by atoms with van der Waals surface area (Å²) in [6.07, 6.45) is 6.44. The molecule has 1 aromatic rings. The van der Waals surface area contributed by atoms with E-state index >= 15 is 0 Å². The number of aliphatic hydroxyl groups is 1. The molecule has 1 amide bonds. The highest BCUT2D eigenvalue weighted by atomic mass is 32.2. The van der Waals surface area contributed by atoms with Crippen LogP contribution >= 0.6 is 0 Å². The number of benzene rings is 1. The van der Waals surface area contributed by atoms with Crippen molar-refractivity contribution in [2.45, 2.75) is 74.5 Å². The Hall–Kier alpha value is -1.68. The van der Waals surface area contributed by atoms with Crippen LogP contribution in [0.25, 0.3) is 0 Å². The molecule has 1 aromatic carbocycles. The molecule has 2 aliphatic rings. The minimum atomic E-state index is -3.83. The monoisotopic (exact) mass is 454 g/mol. The van der Waals surface area contributed by atoms with Gasteiger partial charge in [0.2, 0.25) is 15.9 Å². The molecular formula is C22H34N2O6S. The van der Waals surface area contributed by atoms with Crippen molar-refractivity contribution < 1.29 is 27.8 Å². The largest absolute Gasteiger partial charge is 0.495 e. The lowest BCUT2D eigenvalue weighted by atomic mass is 9.88. The predicted octanol–water partition coefficient (Wildman–Crippen LogP) is 1.97. The summed E-state index contributed by atoms with van der Waals surface area (Å²) in [7, 11) is -2.40. The van der Waals surface area contributed by atoms with Gasteiger partial charge in [-0.1, -0.05) is 31.4 Å². The number of nitrogens with one attached hydrogen (secondary N) is 2. The third-order valence-corrected chi connectivity index (χ3v) is 7.73. The first-order valence-electron chi connectivity index (χ1n) is 11.1. The fourth-order valence-electron chi connectivity index (χ4n) is 4.45. The molecule has 31 heavy (non-hydrogen) atoms. The summed E-state index contributed by atoms with van der Waals surface area (Å²) >= 11 is 0. The Balaban J connectivity index is 1.50. The molecule has 0 radical (unpaired) electrons. The second-order valence-corrected chi connectivity index (χ2v) is 10.0. The van der Waals surface area contributed by atoms with Crippen molar-refractivity contribution in [2.24, 2.45) is 5.92 Å². The van der Waals surface area contributed by atoms with Gasteiger partial charge in [0.05, 0.1) is 32.0 Å². The molecule has 1 aliphatic carbocycles. The zero-order valence-corrected chi connectivity index (χ0v) is 18.9. The van der Waals surface area contributed by atoms with Crippen LogP contribution in [0.3, 0.4) is 0 Å². The third kappa shape index (κ3) is 6.41. The summed E-state index contributed by atoms with van der Waals surface area (Å²) in [6.45, 7) is 0.236. The molecule has 2 fully saturated rings. The Bertz CT molecular complexity index is 825. The molecule has 9 heteroatoms. The van der Waals surface area contributed by atoms with Gasteiger partial charge >= 0.3 is 0 Å². The second-order valence-electron chi connectivity index (χ2n) is 8.35. The maximum absolute atomic E-state index is 12.8. The van der Waals surface area contributed by atoms with Gasteiger partial charge in [-0.25, -0.2) is 13.1 Å². The number of methoxy groups -OCH3 is 1. The van der Waals surface area contributed by atoms with Crippen molar-refractivity contribution in [1.29, 1.82) is 0 Å². The zero-order valence-electron chi connectivity index (χ0n) is 18.1. The fourth-order valence-corrected chi connectivity index (χ4v) is 5.92. The number of para-hydroxylation sites is 1. The molecule has 0 unspecified atom stereocenters. The van der Waals surface area contributed by atoms with Gasteiger partial charge in [-0.3, -0.25) is 4.79 Å². The highest BCUT2D eigenvalue weighted by Crippen LogP contribution is 2.27. The first-order valence-corrected chi connectivity index (χ1v) is 12.6. The predicted molar refractivity (Wildman–Crippen MR) is 116 cm³/mol. The molecule has 3 N–H and O–H groups in total. The van der Waals surface area contributed by atoms with Gasteiger partial charge in [0, 0.05) is 12.5 Å². The van der Waals surface area contributed by atoms with E-state index in [0.29, 0.717) is 25.8 Å². The standard InChI is InChI=1S/C22H34N2O6S/c1-29-19-9-5-6-10-21(19)31(27,28)24-18-12-11-17(30-20(18)15-25)13-14-23-22(26)16-7-3-2-4-8-16/h5-6,9-10,16-18,20,24-25H,2-4,7-8,11-15H2,1H3,(H,23,26)/t17-,18+,20-/m1/s1. The van der Waals surface area contributed by atoms with Crippen molar-refractivity contribution in [3.63, 3.8) is 0 Å². The number of carbonyl (C=O) groups excluding carboxylic acids is 1. The molecule has 1 heterocycles. The minimum Gasteiger partial charge on any atom is -0.495 e. The number of sulfonamides is 1. The number of rotatable bonds is 9. The Morgan fingerprint density at radius 1 is 1.16 bits per heavy atom. The lowest BCUT2D eigenvalue weighted by Gasteiger charge is -2.36. The normalized spacial score (nSPS) is 25.2. The van der Waals surface area contributed by atoms with Gasteiger partial charge in [0.15, 0.2) is 0 Å². The Kier molecular flexibility index (Phi) is 8.71. The van der Waals surface area contributed by atoms with Gasteiger partial charge < -0.3 is 19.9 Å². The molecule has 1 aliphatic heterocycles. The molecule has 174 valence electrons. The van der Waals surface area contributed by atoms with Gasteiger partial charge in [-0.2, -0.15) is 0 Å². The van der Waals surface area contributed by atoms with E-state index in [4.69, 9.17) is 9.47 Å². The second kappa shape index (κ2) is 11.3. The van der Waals surface area contributed by atoms with Crippen molar-refractivity contribution in [1.82, 2.24) is 10.0 Å². The van der Waals surface area contributed by atoms with Gasteiger partial charge in [0.25, 0.3) is 0 Å². The average molecular weight is 455 g/mol. The van der Waals surface area contributed by atoms with Crippen LogP contribution in [0.2, 0.25) is 0 Å². The summed E-state index contributed by atoms with van der Waals surface area (Å²) in [5, 5.41) is 12.8. The van der Waals surface area contributed by atoms with Gasteiger partial charge in [-0.05, 0) is 44.2 Å². The first kappa shape index (κ1) is 24.0. The van der Waals surface area contributed by atoms with E-state index in [0.717, 1.165) is 25.7 Å². The van der Waals surface area contributed by atoms with Crippen LogP contribution in [-0.2, 0) is 19.6 Å². The molecule has 0 bridgehead atoms. The van der Waals surface area contributed by atoms with Crippen LogP contribution in [0.5, 0.6) is 5.75 Å². The number of carbonyl (C=O) groups is 1. The lowest BCUT2D eigenvalue weighted by molar-refractivity contribution is -0.126. The summed E-state index contributed by atoms with van der Waals surface area (Å²) in [5.41, 5.74) is 0. The van der Waals surface area contributed by atoms with Crippen molar-refractivity contribution >= 4 is 15.9 Å². The maximum Gasteiger partial charge on any atom is 0.244 e. The van der Waals surface area contributed by atoms with Crippen LogP contribution in [-0.4, -0.2) is 57.9 Å². The smallest absolute Gasteiger partial charge is 0.244 e. The molecule has 0 spiro atoms. The van der Waals surface area contributed by atoms with E-state index in [1.54, 1.807) is 18.2 Å². The molecule has 0 aromatic heterocycles. The van der Waals surface area contributed by atoms with Crippen molar-refractivity contribution in [2.75, 3.05) is 20.3 Å². The van der Waals surface area contributed by atoms with E-state index < -0.39 is 22.2 Å². The SMILES string of the molecule is COc1ccccc1S(=O)(=O)N[C@H]1CC[C@H](CCNC(=O)C2CCCCC2)O[C@@H]1CO. The van der Waals surface area contributed by atoms with E-state index in [1.807, 2.05) is 0 Å². The summed E-state index contributed by atoms with van der Waals surface area (Å²) in [6, 6.07) is 5.88. The topological polar surface area (TPSA) is 114 Å². The Morgan fingerprint density at radius 3 is 2.61 bits per heavy atom. The fraction of sp³-hybridized carbons (Fsp3) is 0.682. The number of hydrogen-bond donors (Lipinski definition) is 3. The highest BCUT2D eigenvalue weighted by molar-refractivity contribution is 7.89. The number of amides is 1. The molecule has 1 saturated carbocycles.